The summed E-state index contributed by atoms with van der Waals surface area (Å²) >= 11 is 1.32. The molecule has 144 valence electrons. The number of fused-ring (bicyclic) bond motifs is 1. The molecule has 3 aromatic rings. The number of nitrogens with zero attached hydrogens (tertiary/aromatic N) is 4. The molecule has 3 heterocycles. The molecule has 0 fully saturated rings. The molecule has 3 aromatic heterocycles. The fraction of sp³-hybridized carbons (Fsp3) is 0.300. The molecule has 0 unspecified atom stereocenters. The van der Waals surface area contributed by atoms with Crippen LogP contribution in [0.3, 0.4) is 0 Å². The van der Waals surface area contributed by atoms with Crippen LogP contribution in [0.15, 0.2) is 34.1 Å². The minimum absolute atomic E-state index is 0.0920. The average Bonchev–Trinajstić information content (AvgIpc) is 3.25. The zero-order valence-corrected chi connectivity index (χ0v) is 16.7. The Morgan fingerprint density at radius 3 is 2.89 bits per heavy atom. The summed E-state index contributed by atoms with van der Waals surface area (Å²) < 4.78 is 8.79. The van der Waals surface area contributed by atoms with Crippen molar-refractivity contribution in [3.8, 4) is 6.07 Å². The predicted octanol–water partition coefficient (Wildman–Crippen LogP) is 3.23. The number of ether oxygens (including phenoxy) is 1. The van der Waals surface area contributed by atoms with Gasteiger partial charge in [-0.25, -0.2) is 9.78 Å². The lowest BCUT2D eigenvalue weighted by molar-refractivity contribution is -0.139. The Kier molecular flexibility index (Phi) is 5.76. The molecule has 0 bridgehead atoms. The standard InChI is InChI=1S/C20H20N4O3S/c1-4-5-23-13(2)8-15(14(23)3)9-16(11-21)19(26)27-12-17-10-18(25)24-6-7-28-20(24)22-17/h6-10H,4-5,12H2,1-3H3. The van der Waals surface area contributed by atoms with Gasteiger partial charge in [0.25, 0.3) is 5.56 Å². The van der Waals surface area contributed by atoms with E-state index in [-0.39, 0.29) is 17.7 Å². The molecule has 0 amide bonds. The maximum absolute atomic E-state index is 12.4. The molecule has 0 N–H and O–H groups in total. The summed E-state index contributed by atoms with van der Waals surface area (Å²) in [6.07, 6.45) is 4.17. The minimum atomic E-state index is -0.740. The maximum atomic E-state index is 12.4. The molecule has 0 saturated heterocycles. The lowest BCUT2D eigenvalue weighted by atomic mass is 10.1. The maximum Gasteiger partial charge on any atom is 0.349 e. The zero-order valence-electron chi connectivity index (χ0n) is 15.9. The Morgan fingerprint density at radius 2 is 2.18 bits per heavy atom. The molecule has 0 saturated carbocycles. The van der Waals surface area contributed by atoms with Crippen molar-refractivity contribution in [2.24, 2.45) is 0 Å². The third-order valence-corrected chi connectivity index (χ3v) is 5.16. The molecule has 0 aliphatic carbocycles. The van der Waals surface area contributed by atoms with Crippen molar-refractivity contribution in [1.82, 2.24) is 14.0 Å². The van der Waals surface area contributed by atoms with Crippen molar-refractivity contribution in [3.63, 3.8) is 0 Å². The molecule has 0 aliphatic heterocycles. The van der Waals surface area contributed by atoms with E-state index >= 15 is 0 Å². The van der Waals surface area contributed by atoms with Gasteiger partial charge in [0.05, 0.1) is 5.69 Å². The number of carbonyl (C=O) groups excluding carboxylic acids is 1. The van der Waals surface area contributed by atoms with Crippen molar-refractivity contribution in [2.45, 2.75) is 40.3 Å². The SMILES string of the molecule is CCCn1c(C)cc(C=C(C#N)C(=O)OCc2cc(=O)n3ccsc3n2)c1C. The van der Waals surface area contributed by atoms with Crippen molar-refractivity contribution in [3.05, 3.63) is 62.3 Å². The van der Waals surface area contributed by atoms with Gasteiger partial charge in [-0.3, -0.25) is 9.20 Å². The Hall–Kier alpha value is -3.18. The lowest BCUT2D eigenvalue weighted by Gasteiger charge is -2.07. The summed E-state index contributed by atoms with van der Waals surface area (Å²) in [5.74, 6) is -0.740. The van der Waals surface area contributed by atoms with Gasteiger partial charge in [-0.15, -0.1) is 11.3 Å². The molecule has 28 heavy (non-hydrogen) atoms. The van der Waals surface area contributed by atoms with Crippen LogP contribution in [0.2, 0.25) is 0 Å². The Morgan fingerprint density at radius 1 is 1.39 bits per heavy atom. The van der Waals surface area contributed by atoms with Crippen molar-refractivity contribution >= 4 is 28.3 Å². The van der Waals surface area contributed by atoms with Crippen LogP contribution in [-0.4, -0.2) is 19.9 Å². The molecule has 3 rings (SSSR count). The Bertz CT molecular complexity index is 1160. The van der Waals surface area contributed by atoms with Gasteiger partial charge in [-0.2, -0.15) is 5.26 Å². The van der Waals surface area contributed by atoms with Crippen LogP contribution in [0.25, 0.3) is 11.0 Å². The van der Waals surface area contributed by atoms with Gasteiger partial charge in [0.2, 0.25) is 0 Å². The quantitative estimate of drug-likeness (QED) is 0.362. The van der Waals surface area contributed by atoms with E-state index in [0.29, 0.717) is 10.7 Å². The highest BCUT2D eigenvalue weighted by Crippen LogP contribution is 2.19. The molecule has 8 heteroatoms. The first-order chi connectivity index (χ1) is 13.4. The fourth-order valence-electron chi connectivity index (χ4n) is 3.01. The summed E-state index contributed by atoms with van der Waals surface area (Å²) in [6.45, 7) is 6.76. The number of carbonyl (C=O) groups is 1. The van der Waals surface area contributed by atoms with E-state index in [4.69, 9.17) is 4.74 Å². The highest BCUT2D eigenvalue weighted by atomic mass is 32.1. The highest BCUT2D eigenvalue weighted by molar-refractivity contribution is 7.15. The number of aromatic nitrogens is 3. The first-order valence-corrected chi connectivity index (χ1v) is 9.74. The second-order valence-electron chi connectivity index (χ2n) is 6.37. The average molecular weight is 396 g/mol. The Balaban J connectivity index is 1.78. The van der Waals surface area contributed by atoms with Crippen LogP contribution in [0, 0.1) is 25.2 Å². The molecule has 7 nitrogen and oxygen atoms in total. The van der Waals surface area contributed by atoms with Crippen LogP contribution >= 0.6 is 11.3 Å². The van der Waals surface area contributed by atoms with Crippen molar-refractivity contribution in [2.75, 3.05) is 0 Å². The summed E-state index contributed by atoms with van der Waals surface area (Å²) in [7, 11) is 0. The van der Waals surface area contributed by atoms with Gasteiger partial charge in [-0.1, -0.05) is 6.92 Å². The second-order valence-corrected chi connectivity index (χ2v) is 7.24. The monoisotopic (exact) mass is 396 g/mol. The van der Waals surface area contributed by atoms with Gasteiger partial charge in [0.15, 0.2) is 4.96 Å². The Labute approximate surface area is 166 Å². The largest absolute Gasteiger partial charge is 0.455 e. The molecule has 0 spiro atoms. The summed E-state index contributed by atoms with van der Waals surface area (Å²) in [5.41, 5.74) is 2.90. The lowest BCUT2D eigenvalue weighted by Crippen LogP contribution is -2.15. The van der Waals surface area contributed by atoms with Crippen LogP contribution in [0.1, 0.15) is 36.0 Å². The molecular formula is C20H20N4O3S. The van der Waals surface area contributed by atoms with Gasteiger partial charge < -0.3 is 9.30 Å². The van der Waals surface area contributed by atoms with Crippen LogP contribution in [-0.2, 0) is 22.7 Å². The molecule has 0 aliphatic rings. The molecule has 0 aromatic carbocycles. The second kappa shape index (κ2) is 8.23. The summed E-state index contributed by atoms with van der Waals surface area (Å²) in [4.78, 5) is 29.1. The fourth-order valence-corrected chi connectivity index (χ4v) is 3.75. The van der Waals surface area contributed by atoms with E-state index in [9.17, 15) is 14.9 Å². The number of thiazole rings is 1. The highest BCUT2D eigenvalue weighted by Gasteiger charge is 2.15. The van der Waals surface area contributed by atoms with Gasteiger partial charge >= 0.3 is 5.97 Å². The van der Waals surface area contributed by atoms with E-state index < -0.39 is 5.97 Å². The van der Waals surface area contributed by atoms with E-state index in [1.807, 2.05) is 26.0 Å². The third-order valence-electron chi connectivity index (χ3n) is 4.41. The van der Waals surface area contributed by atoms with Gasteiger partial charge in [-0.05, 0) is 38.0 Å². The normalized spacial score (nSPS) is 11.6. The zero-order chi connectivity index (χ0) is 20.3. The number of aryl methyl sites for hydroxylation is 1. The van der Waals surface area contributed by atoms with Crippen LogP contribution in [0.4, 0.5) is 0 Å². The third kappa shape index (κ3) is 3.89. The van der Waals surface area contributed by atoms with Gasteiger partial charge in [0, 0.05) is 35.6 Å². The van der Waals surface area contributed by atoms with Crippen LogP contribution < -0.4 is 5.56 Å². The number of esters is 1. The molecule has 0 radical (unpaired) electrons. The van der Waals surface area contributed by atoms with E-state index in [1.54, 1.807) is 17.7 Å². The molecular weight excluding hydrogens is 376 g/mol. The number of nitriles is 1. The van der Waals surface area contributed by atoms with Crippen molar-refractivity contribution in [1.29, 1.82) is 5.26 Å². The first kappa shape index (κ1) is 19.6. The number of rotatable bonds is 6. The summed E-state index contributed by atoms with van der Waals surface area (Å²) in [6, 6.07) is 5.17. The van der Waals surface area contributed by atoms with E-state index in [2.05, 4.69) is 16.5 Å². The molecule has 0 atom stereocenters. The van der Waals surface area contributed by atoms with Crippen LogP contribution in [0.5, 0.6) is 0 Å². The van der Waals surface area contributed by atoms with E-state index in [0.717, 1.165) is 29.9 Å². The summed E-state index contributed by atoms with van der Waals surface area (Å²) in [5, 5.41) is 11.1. The first-order valence-electron chi connectivity index (χ1n) is 8.86. The topological polar surface area (TPSA) is 89.4 Å². The number of hydrogen-bond donors (Lipinski definition) is 0. The van der Waals surface area contributed by atoms with Gasteiger partial charge in [0.1, 0.15) is 18.2 Å². The number of hydrogen-bond acceptors (Lipinski definition) is 6. The minimum Gasteiger partial charge on any atom is -0.455 e. The smallest absolute Gasteiger partial charge is 0.349 e. The van der Waals surface area contributed by atoms with E-state index in [1.165, 1.54) is 21.8 Å². The predicted molar refractivity (Wildman–Crippen MR) is 107 cm³/mol. The van der Waals surface area contributed by atoms with Crippen molar-refractivity contribution < 1.29 is 9.53 Å².